The van der Waals surface area contributed by atoms with Crippen LogP contribution in [0.15, 0.2) is 17.1 Å². The van der Waals surface area contributed by atoms with E-state index in [1.165, 1.54) is 13.0 Å². The Kier molecular flexibility index (Phi) is 5.53. The van der Waals surface area contributed by atoms with Crippen LogP contribution in [0.4, 0.5) is 10.7 Å². The zero-order chi connectivity index (χ0) is 16.0. The molecular weight excluding hydrogens is 280 g/mol. The first-order valence-corrected chi connectivity index (χ1v) is 6.07. The van der Waals surface area contributed by atoms with Gasteiger partial charge in [0.25, 0.3) is 5.91 Å². The smallest absolute Gasteiger partial charge is 0.414 e. The molecule has 1 aromatic rings. The Bertz CT molecular complexity index is 575. The number of nitrogens with one attached hydrogen (secondary N) is 1. The van der Waals surface area contributed by atoms with Crippen LogP contribution in [0.3, 0.4) is 0 Å². The largest absolute Gasteiger partial charge is 0.462 e. The van der Waals surface area contributed by atoms with E-state index in [0.29, 0.717) is 0 Å². The molecule has 0 atom stereocenters. The number of nitrogens with two attached hydrogens (primary N) is 1. The summed E-state index contributed by atoms with van der Waals surface area (Å²) in [5.74, 6) is -1.87. The third kappa shape index (κ3) is 3.85. The van der Waals surface area contributed by atoms with Crippen LogP contribution in [-0.4, -0.2) is 31.2 Å². The van der Waals surface area contributed by atoms with Gasteiger partial charge < -0.3 is 19.6 Å². The van der Waals surface area contributed by atoms with E-state index in [1.807, 2.05) is 0 Å². The van der Waals surface area contributed by atoms with Crippen molar-refractivity contribution in [3.05, 3.63) is 29.5 Å². The first-order valence-electron chi connectivity index (χ1n) is 6.07. The lowest BCUT2D eigenvalue weighted by atomic mass is 10.1. The van der Waals surface area contributed by atoms with E-state index in [9.17, 15) is 14.4 Å². The minimum absolute atomic E-state index is 0.0256. The molecule has 1 heterocycles. The number of carbonyl (C=O) groups is 3. The molecule has 0 aliphatic rings. The minimum atomic E-state index is -0.936. The Hall–Kier alpha value is -2.77. The van der Waals surface area contributed by atoms with Crippen molar-refractivity contribution in [3.63, 3.8) is 0 Å². The molecule has 0 aromatic carbocycles. The van der Waals surface area contributed by atoms with Crippen molar-refractivity contribution in [1.82, 2.24) is 0 Å². The zero-order valence-corrected chi connectivity index (χ0v) is 11.7. The number of furan rings is 1. The van der Waals surface area contributed by atoms with Crippen LogP contribution in [0.1, 0.15) is 33.4 Å². The third-order valence-corrected chi connectivity index (χ3v) is 2.36. The van der Waals surface area contributed by atoms with Crippen LogP contribution in [0.2, 0.25) is 0 Å². The van der Waals surface area contributed by atoms with Crippen molar-refractivity contribution in [2.24, 2.45) is 5.73 Å². The second-order valence-electron chi connectivity index (χ2n) is 3.83. The fourth-order valence-corrected chi connectivity index (χ4v) is 1.58. The number of ether oxygens (including phenoxy) is 2. The van der Waals surface area contributed by atoms with Crippen LogP contribution in [0.5, 0.6) is 0 Å². The summed E-state index contributed by atoms with van der Waals surface area (Å²) in [5, 5.41) is 2.20. The molecule has 114 valence electrons. The van der Waals surface area contributed by atoms with Crippen molar-refractivity contribution in [2.45, 2.75) is 13.8 Å². The third-order valence-electron chi connectivity index (χ3n) is 2.36. The summed E-state index contributed by atoms with van der Waals surface area (Å²) in [5.41, 5.74) is 4.84. The Morgan fingerprint density at radius 1 is 1.33 bits per heavy atom. The van der Waals surface area contributed by atoms with E-state index in [-0.39, 0.29) is 36.0 Å². The number of rotatable bonds is 6. The maximum absolute atomic E-state index is 11.8. The standard InChI is InChI=1S/C13H16N2O6/c1-4-6-20-13(18)15-11-9(10(14)16)8(7(3)21-11)12(17)19-5-2/h4H,1,5-6H2,2-3H3,(H2,14,16)(H,15,18). The first-order chi connectivity index (χ1) is 9.92. The van der Waals surface area contributed by atoms with Crippen LogP contribution < -0.4 is 11.1 Å². The SMILES string of the molecule is C=CCOC(=O)Nc1oc(C)c(C(=O)OCC)c1C(N)=O. The molecule has 1 aromatic heterocycles. The van der Waals surface area contributed by atoms with Gasteiger partial charge in [0.2, 0.25) is 5.88 Å². The minimum Gasteiger partial charge on any atom is -0.462 e. The molecule has 0 radical (unpaired) electrons. The number of esters is 1. The van der Waals surface area contributed by atoms with Crippen LogP contribution in [0.25, 0.3) is 0 Å². The molecule has 0 spiro atoms. The summed E-state index contributed by atoms with van der Waals surface area (Å²) >= 11 is 0. The summed E-state index contributed by atoms with van der Waals surface area (Å²) < 4.78 is 14.7. The Morgan fingerprint density at radius 2 is 2.00 bits per heavy atom. The molecule has 0 fully saturated rings. The van der Waals surface area contributed by atoms with E-state index < -0.39 is 18.0 Å². The number of amides is 2. The van der Waals surface area contributed by atoms with Crippen molar-refractivity contribution in [2.75, 3.05) is 18.5 Å². The van der Waals surface area contributed by atoms with Gasteiger partial charge >= 0.3 is 12.1 Å². The van der Waals surface area contributed by atoms with Crippen LogP contribution in [0, 0.1) is 6.92 Å². The van der Waals surface area contributed by atoms with E-state index in [0.717, 1.165) is 0 Å². The second-order valence-corrected chi connectivity index (χ2v) is 3.83. The van der Waals surface area contributed by atoms with E-state index in [1.54, 1.807) is 6.92 Å². The van der Waals surface area contributed by atoms with Gasteiger partial charge in [-0.25, -0.2) is 9.59 Å². The zero-order valence-electron chi connectivity index (χ0n) is 11.7. The Morgan fingerprint density at radius 3 is 2.52 bits per heavy atom. The molecule has 21 heavy (non-hydrogen) atoms. The molecule has 0 saturated carbocycles. The summed E-state index contributed by atoms with van der Waals surface area (Å²) in [4.78, 5) is 34.8. The van der Waals surface area contributed by atoms with Gasteiger partial charge in [-0.15, -0.1) is 0 Å². The summed E-state index contributed by atoms with van der Waals surface area (Å²) in [6, 6.07) is 0. The predicted molar refractivity (Wildman–Crippen MR) is 73.1 cm³/mol. The molecule has 0 aliphatic heterocycles. The van der Waals surface area contributed by atoms with Gasteiger partial charge in [-0.1, -0.05) is 12.7 Å². The molecule has 0 bridgehead atoms. The highest BCUT2D eigenvalue weighted by atomic mass is 16.6. The molecule has 0 saturated heterocycles. The summed E-state index contributed by atoms with van der Waals surface area (Å²) in [7, 11) is 0. The normalized spacial score (nSPS) is 9.81. The number of primary amides is 1. The van der Waals surface area contributed by atoms with E-state index >= 15 is 0 Å². The van der Waals surface area contributed by atoms with Crippen LogP contribution in [-0.2, 0) is 9.47 Å². The van der Waals surface area contributed by atoms with E-state index in [2.05, 4.69) is 11.9 Å². The quantitative estimate of drug-likeness (QED) is 0.607. The molecule has 8 heteroatoms. The lowest BCUT2D eigenvalue weighted by molar-refractivity contribution is 0.0521. The lowest BCUT2D eigenvalue weighted by Crippen LogP contribution is -2.20. The van der Waals surface area contributed by atoms with Gasteiger partial charge in [-0.3, -0.25) is 10.1 Å². The topological polar surface area (TPSA) is 121 Å². The number of hydrogen-bond donors (Lipinski definition) is 2. The number of anilines is 1. The Balaban J connectivity index is 3.13. The molecule has 0 aliphatic carbocycles. The van der Waals surface area contributed by atoms with Crippen LogP contribution >= 0.6 is 0 Å². The highest BCUT2D eigenvalue weighted by molar-refractivity contribution is 6.10. The van der Waals surface area contributed by atoms with Crippen molar-refractivity contribution < 1.29 is 28.3 Å². The number of aryl methyl sites for hydroxylation is 1. The average molecular weight is 296 g/mol. The molecule has 0 unspecified atom stereocenters. The summed E-state index contributed by atoms with van der Waals surface area (Å²) in [6.45, 7) is 6.53. The van der Waals surface area contributed by atoms with Crippen molar-refractivity contribution >= 4 is 23.9 Å². The fourth-order valence-electron chi connectivity index (χ4n) is 1.58. The predicted octanol–water partition coefficient (Wildman–Crippen LogP) is 1.60. The van der Waals surface area contributed by atoms with Gasteiger partial charge in [0.05, 0.1) is 6.61 Å². The second kappa shape index (κ2) is 7.13. The highest BCUT2D eigenvalue weighted by Crippen LogP contribution is 2.27. The monoisotopic (exact) mass is 296 g/mol. The molecule has 8 nitrogen and oxygen atoms in total. The first kappa shape index (κ1) is 16.3. The van der Waals surface area contributed by atoms with Gasteiger partial charge in [0.15, 0.2) is 0 Å². The Labute approximate surface area is 120 Å². The van der Waals surface area contributed by atoms with Gasteiger partial charge in [-0.05, 0) is 13.8 Å². The molecule has 3 N–H and O–H groups in total. The number of hydrogen-bond acceptors (Lipinski definition) is 6. The molecule has 1 rings (SSSR count). The van der Waals surface area contributed by atoms with Gasteiger partial charge in [-0.2, -0.15) is 0 Å². The number of carbonyl (C=O) groups excluding carboxylic acids is 3. The van der Waals surface area contributed by atoms with Crippen molar-refractivity contribution in [1.29, 1.82) is 0 Å². The maximum Gasteiger partial charge on any atom is 0.414 e. The van der Waals surface area contributed by atoms with Crippen molar-refractivity contribution in [3.8, 4) is 0 Å². The average Bonchev–Trinajstić information content (AvgIpc) is 2.73. The fraction of sp³-hybridized carbons (Fsp3) is 0.308. The highest BCUT2D eigenvalue weighted by Gasteiger charge is 2.29. The maximum atomic E-state index is 11.8. The van der Waals surface area contributed by atoms with Gasteiger partial charge in [0, 0.05) is 0 Å². The molecule has 2 amide bonds. The van der Waals surface area contributed by atoms with Gasteiger partial charge in [0.1, 0.15) is 23.5 Å². The lowest BCUT2D eigenvalue weighted by Gasteiger charge is -2.04. The summed E-state index contributed by atoms with van der Waals surface area (Å²) in [6.07, 6.45) is 0.494. The van der Waals surface area contributed by atoms with E-state index in [4.69, 9.17) is 19.6 Å². The molecular formula is C13H16N2O6.